The third kappa shape index (κ3) is 4.14. The van der Waals surface area contributed by atoms with E-state index in [2.05, 4.69) is 27.1 Å². The lowest BCUT2D eigenvalue weighted by Crippen LogP contribution is -1.98. The van der Waals surface area contributed by atoms with E-state index in [1.807, 2.05) is 36.4 Å². The Morgan fingerprint density at radius 2 is 1.85 bits per heavy atom. The van der Waals surface area contributed by atoms with Crippen molar-refractivity contribution in [3.63, 3.8) is 0 Å². The van der Waals surface area contributed by atoms with Crippen LogP contribution in [0.15, 0.2) is 42.7 Å². The Balaban J connectivity index is 0.00000243. The Morgan fingerprint density at radius 1 is 1.08 bits per heavy atom. The molecular weight excluding hydrogens is 352 g/mol. The Bertz CT molecular complexity index is 967. The SMILES string of the molecule is COc1cc2ncnc(Nc3cccc(C#CCN)c3)c2cc1OC.Cl. The van der Waals surface area contributed by atoms with E-state index in [1.165, 1.54) is 6.33 Å². The number of nitrogens with two attached hydrogens (primary N) is 1. The molecule has 7 heteroatoms. The zero-order chi connectivity index (χ0) is 17.6. The van der Waals surface area contributed by atoms with Gasteiger partial charge in [-0.25, -0.2) is 9.97 Å². The molecule has 1 heterocycles. The highest BCUT2D eigenvalue weighted by Gasteiger charge is 2.11. The number of anilines is 2. The summed E-state index contributed by atoms with van der Waals surface area (Å²) < 4.78 is 10.7. The predicted octanol–water partition coefficient (Wildman–Crippen LogP) is 3.12. The third-order valence-corrected chi connectivity index (χ3v) is 3.60. The summed E-state index contributed by atoms with van der Waals surface area (Å²) in [5, 5.41) is 4.14. The Labute approximate surface area is 158 Å². The molecule has 0 aliphatic heterocycles. The second kappa shape index (κ2) is 8.90. The Kier molecular flexibility index (Phi) is 6.61. The van der Waals surface area contributed by atoms with Crippen molar-refractivity contribution in [2.24, 2.45) is 5.73 Å². The number of fused-ring (bicyclic) bond motifs is 1. The molecule has 3 aromatic rings. The molecule has 0 atom stereocenters. The third-order valence-electron chi connectivity index (χ3n) is 3.60. The number of rotatable bonds is 4. The van der Waals surface area contributed by atoms with Crippen LogP contribution in [0, 0.1) is 11.8 Å². The van der Waals surface area contributed by atoms with Gasteiger partial charge in [0.1, 0.15) is 12.1 Å². The highest BCUT2D eigenvalue weighted by Crippen LogP contribution is 2.34. The quantitative estimate of drug-likeness (QED) is 0.687. The topological polar surface area (TPSA) is 82.3 Å². The van der Waals surface area contributed by atoms with Crippen LogP contribution in [0.2, 0.25) is 0 Å². The monoisotopic (exact) mass is 370 g/mol. The first-order valence-corrected chi connectivity index (χ1v) is 7.68. The average Bonchev–Trinajstić information content (AvgIpc) is 2.66. The highest BCUT2D eigenvalue weighted by molar-refractivity contribution is 5.93. The smallest absolute Gasteiger partial charge is 0.162 e. The van der Waals surface area contributed by atoms with Gasteiger partial charge < -0.3 is 20.5 Å². The molecule has 0 radical (unpaired) electrons. The summed E-state index contributed by atoms with van der Waals surface area (Å²) in [6, 6.07) is 11.4. The van der Waals surface area contributed by atoms with Crippen molar-refractivity contribution in [2.45, 2.75) is 0 Å². The van der Waals surface area contributed by atoms with Crippen LogP contribution < -0.4 is 20.5 Å². The summed E-state index contributed by atoms with van der Waals surface area (Å²) in [4.78, 5) is 8.65. The minimum Gasteiger partial charge on any atom is -0.493 e. The molecule has 2 aromatic carbocycles. The molecule has 0 spiro atoms. The first kappa shape index (κ1) is 19.3. The number of halogens is 1. The molecule has 0 saturated heterocycles. The maximum atomic E-state index is 5.42. The average molecular weight is 371 g/mol. The van der Waals surface area contributed by atoms with Gasteiger partial charge in [0.05, 0.1) is 26.3 Å². The van der Waals surface area contributed by atoms with E-state index >= 15 is 0 Å². The first-order chi connectivity index (χ1) is 12.2. The summed E-state index contributed by atoms with van der Waals surface area (Å²) >= 11 is 0. The van der Waals surface area contributed by atoms with Crippen molar-refractivity contribution in [3.8, 4) is 23.3 Å². The van der Waals surface area contributed by atoms with Gasteiger partial charge in [-0.15, -0.1) is 12.4 Å². The standard InChI is InChI=1S/C19H18N4O2.ClH/c1-24-17-10-15-16(11-18(17)25-2)21-12-22-19(15)23-14-7-3-5-13(9-14)6-4-8-20;/h3,5,7,9-12H,8,20H2,1-2H3,(H,21,22,23);1H. The van der Waals surface area contributed by atoms with Crippen molar-refractivity contribution in [2.75, 3.05) is 26.1 Å². The molecule has 0 aliphatic rings. The molecule has 0 bridgehead atoms. The molecule has 0 saturated carbocycles. The van der Waals surface area contributed by atoms with Crippen LogP contribution in [0.5, 0.6) is 11.5 Å². The lowest BCUT2D eigenvalue weighted by molar-refractivity contribution is 0.356. The van der Waals surface area contributed by atoms with E-state index < -0.39 is 0 Å². The van der Waals surface area contributed by atoms with Gasteiger partial charge >= 0.3 is 0 Å². The second-order valence-electron chi connectivity index (χ2n) is 5.16. The number of nitrogens with zero attached hydrogens (tertiary/aromatic N) is 2. The van der Waals surface area contributed by atoms with Crippen LogP contribution in [0.25, 0.3) is 10.9 Å². The van der Waals surface area contributed by atoms with Crippen molar-refractivity contribution >= 4 is 34.8 Å². The molecule has 1 aromatic heterocycles. The minimum absolute atomic E-state index is 0. The molecule has 0 fully saturated rings. The predicted molar refractivity (Wildman–Crippen MR) is 106 cm³/mol. The largest absolute Gasteiger partial charge is 0.493 e. The summed E-state index contributed by atoms with van der Waals surface area (Å²) in [6.45, 7) is 0.329. The molecule has 3 rings (SSSR count). The van der Waals surface area contributed by atoms with Crippen LogP contribution in [-0.2, 0) is 0 Å². The van der Waals surface area contributed by atoms with Gasteiger partial charge in [0.2, 0.25) is 0 Å². The van der Waals surface area contributed by atoms with Crippen molar-refractivity contribution in [1.29, 1.82) is 0 Å². The molecule has 26 heavy (non-hydrogen) atoms. The van der Waals surface area contributed by atoms with E-state index in [-0.39, 0.29) is 12.4 Å². The summed E-state index contributed by atoms with van der Waals surface area (Å²) in [7, 11) is 3.19. The molecule has 0 unspecified atom stereocenters. The molecule has 6 nitrogen and oxygen atoms in total. The number of methoxy groups -OCH3 is 2. The molecular formula is C19H19ClN4O2. The lowest BCUT2D eigenvalue weighted by Gasteiger charge is -2.12. The van der Waals surface area contributed by atoms with Crippen molar-refractivity contribution in [3.05, 3.63) is 48.3 Å². The van der Waals surface area contributed by atoms with E-state index in [0.717, 1.165) is 22.2 Å². The van der Waals surface area contributed by atoms with Gasteiger partial charge in [0.25, 0.3) is 0 Å². The molecule has 3 N–H and O–H groups in total. The normalized spacial score (nSPS) is 9.65. The highest BCUT2D eigenvalue weighted by atomic mass is 35.5. The van der Waals surface area contributed by atoms with Gasteiger partial charge in [-0.3, -0.25) is 0 Å². The summed E-state index contributed by atoms with van der Waals surface area (Å²) in [5.41, 5.74) is 7.94. The van der Waals surface area contributed by atoms with Gasteiger partial charge in [-0.05, 0) is 24.3 Å². The molecule has 134 valence electrons. The number of ether oxygens (including phenoxy) is 2. The van der Waals surface area contributed by atoms with Crippen LogP contribution in [0.1, 0.15) is 5.56 Å². The van der Waals surface area contributed by atoms with Gasteiger partial charge in [-0.1, -0.05) is 17.9 Å². The van der Waals surface area contributed by atoms with Crippen LogP contribution in [0.4, 0.5) is 11.5 Å². The van der Waals surface area contributed by atoms with Crippen molar-refractivity contribution < 1.29 is 9.47 Å². The number of benzene rings is 2. The minimum atomic E-state index is 0. The zero-order valence-corrected chi connectivity index (χ0v) is 15.3. The van der Waals surface area contributed by atoms with Gasteiger partial charge in [0.15, 0.2) is 11.5 Å². The maximum Gasteiger partial charge on any atom is 0.162 e. The number of nitrogens with one attached hydrogen (secondary N) is 1. The van der Waals surface area contributed by atoms with E-state index in [1.54, 1.807) is 14.2 Å². The van der Waals surface area contributed by atoms with Crippen LogP contribution in [-0.4, -0.2) is 30.7 Å². The van der Waals surface area contributed by atoms with Gasteiger partial charge in [0, 0.05) is 22.7 Å². The van der Waals surface area contributed by atoms with Crippen molar-refractivity contribution in [1.82, 2.24) is 9.97 Å². The summed E-state index contributed by atoms with van der Waals surface area (Å²) in [5.74, 6) is 7.78. The Hall–Kier alpha value is -3.01. The summed E-state index contributed by atoms with van der Waals surface area (Å²) in [6.07, 6.45) is 1.51. The van der Waals surface area contributed by atoms with Crippen LogP contribution >= 0.6 is 12.4 Å². The number of hydrogen-bond donors (Lipinski definition) is 2. The maximum absolute atomic E-state index is 5.42. The fraction of sp³-hybridized carbons (Fsp3) is 0.158. The van der Waals surface area contributed by atoms with Crippen LogP contribution in [0.3, 0.4) is 0 Å². The lowest BCUT2D eigenvalue weighted by atomic mass is 10.2. The fourth-order valence-corrected chi connectivity index (χ4v) is 2.45. The van der Waals surface area contributed by atoms with Gasteiger partial charge in [-0.2, -0.15) is 0 Å². The second-order valence-corrected chi connectivity index (χ2v) is 5.16. The first-order valence-electron chi connectivity index (χ1n) is 7.68. The molecule has 0 aliphatic carbocycles. The number of aromatic nitrogens is 2. The Morgan fingerprint density at radius 3 is 2.58 bits per heavy atom. The number of hydrogen-bond acceptors (Lipinski definition) is 6. The van der Waals surface area contributed by atoms with E-state index in [0.29, 0.717) is 23.9 Å². The fourth-order valence-electron chi connectivity index (χ4n) is 2.45. The van der Waals surface area contributed by atoms with E-state index in [4.69, 9.17) is 15.2 Å². The van der Waals surface area contributed by atoms with E-state index in [9.17, 15) is 0 Å². The zero-order valence-electron chi connectivity index (χ0n) is 14.4. The molecule has 0 amide bonds.